The monoisotopic (exact) mass is 1110 g/mol. The zero-order valence-corrected chi connectivity index (χ0v) is 51.6. The largest absolute Gasteiger partial charge is 0.545 e. The zero-order valence-electron chi connectivity index (χ0n) is 51.6. The molecule has 2 unspecified atom stereocenters. The molecule has 2 atom stereocenters. The molecule has 0 saturated heterocycles. The number of carboxylic acid groups (broad SMARTS) is 1. The van der Waals surface area contributed by atoms with E-state index >= 15 is 0 Å². The average molecular weight is 1110 g/mol. The third kappa shape index (κ3) is 61.1. The van der Waals surface area contributed by atoms with Gasteiger partial charge >= 0.3 is 11.9 Å². The van der Waals surface area contributed by atoms with Crippen LogP contribution >= 0.6 is 0 Å². The van der Waals surface area contributed by atoms with E-state index in [1.165, 1.54) is 83.5 Å². The maximum absolute atomic E-state index is 12.9. The van der Waals surface area contributed by atoms with Gasteiger partial charge in [0.1, 0.15) is 13.2 Å². The molecule has 0 amide bonds. The second-order valence-electron chi connectivity index (χ2n) is 22.0. The molecule has 0 aromatic heterocycles. The van der Waals surface area contributed by atoms with E-state index in [1.807, 2.05) is 21.1 Å². The van der Waals surface area contributed by atoms with Gasteiger partial charge in [-0.3, -0.25) is 9.59 Å². The van der Waals surface area contributed by atoms with Crippen molar-refractivity contribution in [2.45, 2.75) is 251 Å². The number of quaternary nitrogens is 1. The fourth-order valence-corrected chi connectivity index (χ4v) is 8.31. The minimum Gasteiger partial charge on any atom is -0.545 e. The lowest BCUT2D eigenvalue weighted by Gasteiger charge is -2.26. The number of hydrogen-bond donors (Lipinski definition) is 0. The highest BCUT2D eigenvalue weighted by Gasteiger charge is 2.22. The second-order valence-corrected chi connectivity index (χ2v) is 22.0. The van der Waals surface area contributed by atoms with Gasteiger partial charge in [-0.1, -0.05) is 263 Å². The van der Waals surface area contributed by atoms with Crippen molar-refractivity contribution in [2.24, 2.45) is 0 Å². The van der Waals surface area contributed by atoms with Gasteiger partial charge in [0, 0.05) is 12.8 Å². The molecule has 0 N–H and O–H groups in total. The van der Waals surface area contributed by atoms with Crippen molar-refractivity contribution in [1.29, 1.82) is 0 Å². The van der Waals surface area contributed by atoms with E-state index in [4.69, 9.17) is 18.9 Å². The standard InChI is InChI=1S/C71H117NO8/c1-6-8-10-12-14-16-18-20-22-24-25-26-27-28-29-30-31-32-33-34-35-36-37-38-39-40-41-42-43-44-45-46-48-50-52-54-56-58-60-62-69(74)80-67(66-79-71(70(75)76)77-64-63-72(3,4)5)65-78-68(73)61-59-57-55-53-51-49-47-23-21-19-17-15-13-11-9-7-2/h8,10,14,16,20,22,25-26,28-29,31-32,34-35,37-38,40-41,43-44,46,48,67,71H,6-7,9,11-13,15,17-19,21,23-24,27,30,33,36,39,42,45,47,49-66H2,1-5H3/b10-8-,16-14-,22-20-,26-25-,29-28-,32-31-,35-34-,38-37-,41-40-,44-43-,48-46-. The molecule has 0 rings (SSSR count). The Morgan fingerprint density at radius 1 is 0.388 bits per heavy atom. The number of carbonyl (C=O) groups is 3. The van der Waals surface area contributed by atoms with Gasteiger partial charge in [0.15, 0.2) is 12.4 Å². The van der Waals surface area contributed by atoms with Gasteiger partial charge in [-0.15, -0.1) is 0 Å². The van der Waals surface area contributed by atoms with Crippen LogP contribution in [-0.2, 0) is 33.3 Å². The van der Waals surface area contributed by atoms with Gasteiger partial charge in [0.05, 0.1) is 40.3 Å². The van der Waals surface area contributed by atoms with Gasteiger partial charge in [-0.25, -0.2) is 0 Å². The molecule has 9 heteroatoms. The molecular weight excluding hydrogens is 995 g/mol. The summed E-state index contributed by atoms with van der Waals surface area (Å²) in [6.45, 7) is 4.61. The third-order valence-electron chi connectivity index (χ3n) is 13.2. The molecule has 0 fully saturated rings. The first kappa shape index (κ1) is 75.4. The van der Waals surface area contributed by atoms with Crippen molar-refractivity contribution >= 4 is 17.9 Å². The zero-order chi connectivity index (χ0) is 58.3. The summed E-state index contributed by atoms with van der Waals surface area (Å²) in [5.41, 5.74) is 0. The number of likely N-dealkylation sites (N-methyl/N-ethyl adjacent to an activating group) is 1. The number of aliphatic carboxylic acids is 1. The van der Waals surface area contributed by atoms with E-state index in [0.29, 0.717) is 17.4 Å². The van der Waals surface area contributed by atoms with E-state index < -0.39 is 24.3 Å². The predicted molar refractivity (Wildman–Crippen MR) is 338 cm³/mol. The van der Waals surface area contributed by atoms with Crippen molar-refractivity contribution in [3.8, 4) is 0 Å². The molecule has 0 aliphatic heterocycles. The number of esters is 2. The number of allylic oxidation sites excluding steroid dienone is 22. The molecule has 0 radical (unpaired) electrons. The number of nitrogens with zero attached hydrogens (tertiary/aromatic N) is 1. The highest BCUT2D eigenvalue weighted by molar-refractivity contribution is 5.70. The molecule has 0 aromatic carbocycles. The Morgan fingerprint density at radius 2 is 0.713 bits per heavy atom. The molecular formula is C71H117NO8. The first-order chi connectivity index (χ1) is 39.1. The Hall–Kier alpha value is -4.57. The number of carboxylic acids is 1. The molecule has 0 saturated carbocycles. The van der Waals surface area contributed by atoms with E-state index in [1.54, 1.807) is 0 Å². The first-order valence-electron chi connectivity index (χ1n) is 31.8. The molecule has 0 aliphatic rings. The predicted octanol–water partition coefficient (Wildman–Crippen LogP) is 18.1. The second kappa shape index (κ2) is 60.5. The Morgan fingerprint density at radius 3 is 1.06 bits per heavy atom. The third-order valence-corrected chi connectivity index (χ3v) is 13.2. The van der Waals surface area contributed by atoms with Crippen LogP contribution in [0, 0.1) is 0 Å². The van der Waals surface area contributed by atoms with E-state index in [-0.39, 0.29) is 38.6 Å². The summed E-state index contributed by atoms with van der Waals surface area (Å²) in [7, 11) is 5.91. The quantitative estimate of drug-likeness (QED) is 0.0195. The molecule has 454 valence electrons. The van der Waals surface area contributed by atoms with E-state index in [0.717, 1.165) is 122 Å². The van der Waals surface area contributed by atoms with Crippen LogP contribution in [-0.4, -0.2) is 82.3 Å². The fourth-order valence-electron chi connectivity index (χ4n) is 8.31. The number of unbranched alkanes of at least 4 members (excludes halogenated alkanes) is 20. The maximum atomic E-state index is 12.9. The fraction of sp³-hybridized carbons (Fsp3) is 0.648. The molecule has 0 aliphatic carbocycles. The molecule has 80 heavy (non-hydrogen) atoms. The summed E-state index contributed by atoms with van der Waals surface area (Å²) in [5.74, 6) is -2.32. The lowest BCUT2D eigenvalue weighted by atomic mass is 10.0. The normalized spacial score (nSPS) is 13.7. The summed E-state index contributed by atoms with van der Waals surface area (Å²) in [5, 5.41) is 11.8. The van der Waals surface area contributed by atoms with Gasteiger partial charge in [-0.05, 0) is 96.3 Å². The first-order valence-corrected chi connectivity index (χ1v) is 31.8. The van der Waals surface area contributed by atoms with Crippen LogP contribution in [0.5, 0.6) is 0 Å². The Kier molecular flexibility index (Phi) is 57.1. The van der Waals surface area contributed by atoms with Gasteiger partial charge < -0.3 is 33.3 Å². The molecule has 0 spiro atoms. The Balaban J connectivity index is 4.23. The smallest absolute Gasteiger partial charge is 0.306 e. The number of ether oxygens (including phenoxy) is 4. The maximum Gasteiger partial charge on any atom is 0.306 e. The van der Waals surface area contributed by atoms with E-state index in [2.05, 4.69) is 148 Å². The van der Waals surface area contributed by atoms with Crippen LogP contribution in [0.25, 0.3) is 0 Å². The van der Waals surface area contributed by atoms with E-state index in [9.17, 15) is 19.5 Å². The minimum absolute atomic E-state index is 0.138. The molecule has 0 bridgehead atoms. The number of carbonyl (C=O) groups excluding carboxylic acids is 3. The van der Waals surface area contributed by atoms with Crippen LogP contribution in [0.4, 0.5) is 0 Å². The van der Waals surface area contributed by atoms with Crippen LogP contribution < -0.4 is 5.11 Å². The summed E-state index contributed by atoms with van der Waals surface area (Å²) < 4.78 is 22.7. The molecule has 9 nitrogen and oxygen atoms in total. The summed E-state index contributed by atoms with van der Waals surface area (Å²) >= 11 is 0. The highest BCUT2D eigenvalue weighted by Crippen LogP contribution is 2.15. The van der Waals surface area contributed by atoms with Crippen molar-refractivity contribution in [3.05, 3.63) is 134 Å². The van der Waals surface area contributed by atoms with Crippen molar-refractivity contribution in [2.75, 3.05) is 47.5 Å². The Labute approximate surface area is 490 Å². The lowest BCUT2D eigenvalue weighted by Crippen LogP contribution is -2.44. The lowest BCUT2D eigenvalue weighted by molar-refractivity contribution is -0.870. The van der Waals surface area contributed by atoms with Crippen LogP contribution in [0.3, 0.4) is 0 Å². The van der Waals surface area contributed by atoms with Crippen LogP contribution in [0.15, 0.2) is 134 Å². The van der Waals surface area contributed by atoms with Crippen LogP contribution in [0.2, 0.25) is 0 Å². The minimum atomic E-state index is -1.63. The van der Waals surface area contributed by atoms with Crippen molar-refractivity contribution in [1.82, 2.24) is 0 Å². The summed E-state index contributed by atoms with van der Waals surface area (Å²) in [6.07, 6.45) is 83.7. The highest BCUT2D eigenvalue weighted by atomic mass is 16.7. The number of rotatable bonds is 57. The molecule has 0 aromatic rings. The van der Waals surface area contributed by atoms with Gasteiger partial charge in [-0.2, -0.15) is 0 Å². The average Bonchev–Trinajstić information content (AvgIpc) is 3.43. The van der Waals surface area contributed by atoms with Gasteiger partial charge in [0.2, 0.25) is 0 Å². The summed E-state index contributed by atoms with van der Waals surface area (Å²) in [6, 6.07) is 0. The topological polar surface area (TPSA) is 111 Å². The Bertz CT molecular complexity index is 1770. The van der Waals surface area contributed by atoms with Gasteiger partial charge in [0.25, 0.3) is 0 Å². The van der Waals surface area contributed by atoms with Crippen LogP contribution in [0.1, 0.15) is 239 Å². The molecule has 0 heterocycles. The van der Waals surface area contributed by atoms with Crippen molar-refractivity contribution < 1.29 is 42.9 Å². The SMILES string of the molecule is CC/C=C\C/C=C\C/C=C\C/C=C\C/C=C\C/C=C\C/C=C\C/C=C\C/C=C\C/C=C\C/C=C\CCCCCCCC(=O)OC(COC(=O)CCCCCCCCCCCCCCCCCC)COC(OCC[N+](C)(C)C)C(=O)[O-]. The number of hydrogen-bond acceptors (Lipinski definition) is 8. The van der Waals surface area contributed by atoms with Crippen molar-refractivity contribution in [3.63, 3.8) is 0 Å². The summed E-state index contributed by atoms with van der Waals surface area (Å²) in [4.78, 5) is 37.3.